The monoisotopic (exact) mass is 681 g/mol. The highest BCUT2D eigenvalue weighted by Gasteiger charge is 2.29. The normalized spacial score (nSPS) is 13.2. The van der Waals surface area contributed by atoms with Crippen LogP contribution in [0.15, 0.2) is 89.5 Å². The molecule has 0 bridgehead atoms. The number of nitrogens with one attached hydrogen (secondary N) is 3. The fraction of sp³-hybridized carbons (Fsp3) is 0.263. The zero-order valence-electron chi connectivity index (χ0n) is 27.3. The van der Waals surface area contributed by atoms with Crippen molar-refractivity contribution >= 4 is 63.6 Å². The number of thiophene rings is 1. The van der Waals surface area contributed by atoms with Gasteiger partial charge in [-0.1, -0.05) is 61.0 Å². The van der Waals surface area contributed by atoms with Crippen molar-refractivity contribution in [2.75, 3.05) is 17.2 Å². The first kappa shape index (κ1) is 34.7. The van der Waals surface area contributed by atoms with Crippen molar-refractivity contribution in [3.8, 4) is 0 Å². The SMILES string of the molecule is CCOC(=O)c1c(NC(=O)C(CC)Sc2cccc(NC(=O)/C(=C\c3ccc(C)cc3)NC(=O)c3ccccc3)c2)sc2c1CCCC2. The van der Waals surface area contributed by atoms with Gasteiger partial charge in [-0.2, -0.15) is 0 Å². The van der Waals surface area contributed by atoms with E-state index in [1.807, 2.05) is 50.2 Å². The standard InChI is InChI=1S/C38H39N3O5S2/c1-4-31(36(44)41-37-33(38(45)46-5-2)29-16-9-10-17-32(29)48-37)47-28-15-11-14-27(23-28)39-35(43)30(22-25-20-18-24(3)19-21-25)40-34(42)26-12-7-6-8-13-26/h6-8,11-15,18-23,31H,4-5,9-10,16-17H2,1-3H3,(H,39,43)(H,40,42)(H,41,44)/b30-22+. The Morgan fingerprint density at radius 2 is 1.67 bits per heavy atom. The summed E-state index contributed by atoms with van der Waals surface area (Å²) in [6, 6.07) is 23.6. The van der Waals surface area contributed by atoms with Crippen LogP contribution in [0.2, 0.25) is 0 Å². The molecule has 4 aromatic rings. The summed E-state index contributed by atoms with van der Waals surface area (Å²) in [4.78, 5) is 55.0. The molecule has 0 spiro atoms. The van der Waals surface area contributed by atoms with Gasteiger partial charge in [-0.15, -0.1) is 23.1 Å². The minimum absolute atomic E-state index is 0.0904. The molecule has 8 nitrogen and oxygen atoms in total. The number of fused-ring (bicyclic) bond motifs is 1. The second kappa shape index (κ2) is 16.4. The molecular weight excluding hydrogens is 643 g/mol. The zero-order valence-corrected chi connectivity index (χ0v) is 28.9. The van der Waals surface area contributed by atoms with Gasteiger partial charge in [0, 0.05) is 21.0 Å². The predicted octanol–water partition coefficient (Wildman–Crippen LogP) is 8.03. The minimum atomic E-state index is -0.486. The van der Waals surface area contributed by atoms with Gasteiger partial charge >= 0.3 is 5.97 Å². The van der Waals surface area contributed by atoms with Crippen molar-refractivity contribution < 1.29 is 23.9 Å². The number of esters is 1. The molecule has 3 aromatic carbocycles. The van der Waals surface area contributed by atoms with E-state index in [2.05, 4.69) is 16.0 Å². The fourth-order valence-electron chi connectivity index (χ4n) is 5.37. The second-order valence-corrected chi connectivity index (χ2v) is 13.8. The summed E-state index contributed by atoms with van der Waals surface area (Å²) in [6.07, 6.45) is 5.95. The molecular formula is C38H39N3O5S2. The quantitative estimate of drug-likeness (QED) is 0.0793. The molecule has 0 radical (unpaired) electrons. The second-order valence-electron chi connectivity index (χ2n) is 11.4. The molecule has 48 heavy (non-hydrogen) atoms. The number of carbonyl (C=O) groups is 4. The number of ether oxygens (including phenoxy) is 1. The van der Waals surface area contributed by atoms with Crippen LogP contribution in [0.1, 0.15) is 75.4 Å². The number of benzene rings is 3. The van der Waals surface area contributed by atoms with Gasteiger partial charge in [-0.05, 0) is 93.5 Å². The fourth-order valence-corrected chi connectivity index (χ4v) is 7.66. The van der Waals surface area contributed by atoms with E-state index < -0.39 is 23.0 Å². The topological polar surface area (TPSA) is 114 Å². The Balaban J connectivity index is 1.31. The first-order valence-electron chi connectivity index (χ1n) is 16.1. The van der Waals surface area contributed by atoms with Crippen LogP contribution in [0.3, 0.4) is 0 Å². The molecule has 3 amide bonds. The lowest BCUT2D eigenvalue weighted by Crippen LogP contribution is -2.30. The molecule has 3 N–H and O–H groups in total. The summed E-state index contributed by atoms with van der Waals surface area (Å²) < 4.78 is 5.35. The molecule has 1 aliphatic carbocycles. The van der Waals surface area contributed by atoms with E-state index in [-0.39, 0.29) is 18.2 Å². The van der Waals surface area contributed by atoms with Gasteiger partial charge in [0.15, 0.2) is 0 Å². The van der Waals surface area contributed by atoms with Gasteiger partial charge in [0.2, 0.25) is 5.91 Å². The number of carbonyl (C=O) groups excluding carboxylic acids is 4. The number of aryl methyl sites for hydroxylation is 2. The average molecular weight is 682 g/mol. The van der Waals surface area contributed by atoms with Crippen LogP contribution in [-0.4, -0.2) is 35.5 Å². The van der Waals surface area contributed by atoms with Crippen LogP contribution in [0, 0.1) is 6.92 Å². The Labute approximate surface area is 289 Å². The van der Waals surface area contributed by atoms with Crippen LogP contribution in [-0.2, 0) is 27.2 Å². The molecule has 0 aliphatic heterocycles. The van der Waals surface area contributed by atoms with Crippen molar-refractivity contribution in [2.24, 2.45) is 0 Å². The number of hydrogen-bond donors (Lipinski definition) is 3. The Morgan fingerprint density at radius 1 is 0.917 bits per heavy atom. The van der Waals surface area contributed by atoms with Crippen molar-refractivity contribution in [3.05, 3.63) is 117 Å². The van der Waals surface area contributed by atoms with Crippen LogP contribution in [0.4, 0.5) is 10.7 Å². The number of hydrogen-bond acceptors (Lipinski definition) is 7. The highest BCUT2D eigenvalue weighted by Crippen LogP contribution is 2.39. The maximum absolute atomic E-state index is 13.6. The maximum Gasteiger partial charge on any atom is 0.341 e. The van der Waals surface area contributed by atoms with Crippen LogP contribution in [0.5, 0.6) is 0 Å². The summed E-state index contributed by atoms with van der Waals surface area (Å²) >= 11 is 2.85. The van der Waals surface area contributed by atoms with Crippen molar-refractivity contribution in [2.45, 2.75) is 63.0 Å². The van der Waals surface area contributed by atoms with E-state index in [1.165, 1.54) is 23.1 Å². The third-order valence-electron chi connectivity index (χ3n) is 7.84. The van der Waals surface area contributed by atoms with Gasteiger partial charge in [0.1, 0.15) is 10.7 Å². The van der Waals surface area contributed by atoms with Crippen molar-refractivity contribution in [1.29, 1.82) is 0 Å². The van der Waals surface area contributed by atoms with E-state index in [4.69, 9.17) is 4.74 Å². The van der Waals surface area contributed by atoms with E-state index in [0.29, 0.717) is 28.2 Å². The van der Waals surface area contributed by atoms with Crippen LogP contribution in [0.25, 0.3) is 6.08 Å². The number of thioether (sulfide) groups is 1. The van der Waals surface area contributed by atoms with Gasteiger partial charge in [-0.25, -0.2) is 4.79 Å². The lowest BCUT2D eigenvalue weighted by Gasteiger charge is -2.16. The molecule has 0 saturated carbocycles. The van der Waals surface area contributed by atoms with Gasteiger partial charge in [0.05, 0.1) is 17.4 Å². The molecule has 10 heteroatoms. The van der Waals surface area contributed by atoms with Crippen LogP contribution >= 0.6 is 23.1 Å². The molecule has 1 atom stereocenters. The molecule has 1 aromatic heterocycles. The minimum Gasteiger partial charge on any atom is -0.462 e. The first-order chi connectivity index (χ1) is 23.2. The highest BCUT2D eigenvalue weighted by atomic mass is 32.2. The van der Waals surface area contributed by atoms with Gasteiger partial charge in [0.25, 0.3) is 11.8 Å². The summed E-state index contributed by atoms with van der Waals surface area (Å²) in [7, 11) is 0. The maximum atomic E-state index is 13.6. The lowest BCUT2D eigenvalue weighted by atomic mass is 9.95. The van der Waals surface area contributed by atoms with Gasteiger partial charge in [-0.3, -0.25) is 14.4 Å². The zero-order chi connectivity index (χ0) is 34.0. The average Bonchev–Trinajstić information content (AvgIpc) is 3.46. The Bertz CT molecular complexity index is 1820. The Morgan fingerprint density at radius 3 is 2.40 bits per heavy atom. The number of rotatable bonds is 12. The molecule has 1 aliphatic rings. The van der Waals surface area contributed by atoms with Gasteiger partial charge < -0.3 is 20.7 Å². The summed E-state index contributed by atoms with van der Waals surface area (Å²) in [6.45, 7) is 5.95. The first-order valence-corrected chi connectivity index (χ1v) is 17.8. The van der Waals surface area contributed by atoms with E-state index in [0.717, 1.165) is 52.1 Å². The Kier molecular flexibility index (Phi) is 11.9. The largest absolute Gasteiger partial charge is 0.462 e. The van der Waals surface area contributed by atoms with E-state index in [1.54, 1.807) is 55.5 Å². The summed E-state index contributed by atoms with van der Waals surface area (Å²) in [5, 5.41) is 8.81. The number of amides is 3. The lowest BCUT2D eigenvalue weighted by molar-refractivity contribution is -0.116. The molecule has 0 fully saturated rings. The van der Waals surface area contributed by atoms with Crippen molar-refractivity contribution in [1.82, 2.24) is 5.32 Å². The van der Waals surface area contributed by atoms with E-state index >= 15 is 0 Å². The molecule has 1 unspecified atom stereocenters. The van der Waals surface area contributed by atoms with Crippen LogP contribution < -0.4 is 16.0 Å². The van der Waals surface area contributed by atoms with Crippen molar-refractivity contribution in [3.63, 3.8) is 0 Å². The number of anilines is 2. The summed E-state index contributed by atoms with van der Waals surface area (Å²) in [5.74, 6) is -1.48. The van der Waals surface area contributed by atoms with E-state index in [9.17, 15) is 19.2 Å². The highest BCUT2D eigenvalue weighted by molar-refractivity contribution is 8.00. The molecule has 248 valence electrons. The Hall–Kier alpha value is -4.67. The smallest absolute Gasteiger partial charge is 0.341 e. The molecule has 5 rings (SSSR count). The molecule has 0 saturated heterocycles. The molecule has 1 heterocycles. The predicted molar refractivity (Wildman–Crippen MR) is 194 cm³/mol. The third-order valence-corrected chi connectivity index (χ3v) is 10.4. The summed E-state index contributed by atoms with van der Waals surface area (Å²) in [5.41, 5.74) is 4.36. The third kappa shape index (κ3) is 8.81.